The van der Waals surface area contributed by atoms with Crippen molar-refractivity contribution in [2.24, 2.45) is 7.05 Å². The van der Waals surface area contributed by atoms with Crippen LogP contribution in [0.3, 0.4) is 0 Å². The number of rotatable bonds is 5. The first-order valence-electron chi connectivity index (χ1n) is 6.29. The summed E-state index contributed by atoms with van der Waals surface area (Å²) in [4.78, 5) is 0. The van der Waals surface area contributed by atoms with Crippen LogP contribution in [0.25, 0.3) is 0 Å². The van der Waals surface area contributed by atoms with E-state index in [1.807, 2.05) is 25.4 Å². The van der Waals surface area contributed by atoms with Crippen molar-refractivity contribution in [3.63, 3.8) is 0 Å². The van der Waals surface area contributed by atoms with E-state index < -0.39 is 0 Å². The molecule has 1 aromatic heterocycles. The predicted octanol–water partition coefficient (Wildman–Crippen LogP) is 3.65. The molecule has 0 radical (unpaired) electrons. The molecule has 0 amide bonds. The Kier molecular flexibility index (Phi) is 4.61. The summed E-state index contributed by atoms with van der Waals surface area (Å²) in [6.45, 7) is 5.14. The molecule has 0 fully saturated rings. The van der Waals surface area contributed by atoms with E-state index in [1.165, 1.54) is 0 Å². The quantitative estimate of drug-likeness (QED) is 0.912. The fourth-order valence-corrected chi connectivity index (χ4v) is 2.29. The summed E-state index contributed by atoms with van der Waals surface area (Å²) in [7, 11) is 1.87. The molecule has 0 aliphatic carbocycles. The highest BCUT2D eigenvalue weighted by molar-refractivity contribution is 9.10. The first kappa shape index (κ1) is 14.1. The first-order valence-corrected chi connectivity index (χ1v) is 7.08. The zero-order valence-corrected chi connectivity index (χ0v) is 12.9. The van der Waals surface area contributed by atoms with Gasteiger partial charge in [0.15, 0.2) is 5.75 Å². The van der Waals surface area contributed by atoms with Crippen molar-refractivity contribution < 1.29 is 4.74 Å². The molecule has 1 unspecified atom stereocenters. The van der Waals surface area contributed by atoms with Crippen LogP contribution < -0.4 is 10.1 Å². The highest BCUT2D eigenvalue weighted by Crippen LogP contribution is 2.32. The highest BCUT2D eigenvalue weighted by Gasteiger charge is 2.12. The van der Waals surface area contributed by atoms with Crippen LogP contribution in [0.5, 0.6) is 11.5 Å². The minimum Gasteiger partial charge on any atom is -0.454 e. The zero-order chi connectivity index (χ0) is 13.8. The molecule has 2 rings (SSSR count). The molecule has 5 heteroatoms. The number of nitrogens with one attached hydrogen (secondary N) is 1. The molecule has 4 nitrogen and oxygen atoms in total. The Labute approximate surface area is 121 Å². The third-order valence-electron chi connectivity index (χ3n) is 2.86. The largest absolute Gasteiger partial charge is 0.454 e. The maximum atomic E-state index is 5.93. The fourth-order valence-electron chi connectivity index (χ4n) is 1.95. The standard InChI is InChI=1S/C14H18BrN3O/c1-4-16-10(2)13-6-5-11(15)7-14(13)19-12-8-17-18(3)9-12/h5-10,16H,4H2,1-3H3. The second kappa shape index (κ2) is 6.21. The lowest BCUT2D eigenvalue weighted by molar-refractivity contribution is 0.462. The molecule has 1 N–H and O–H groups in total. The Bertz CT molecular complexity index is 553. The molecule has 1 atom stereocenters. The van der Waals surface area contributed by atoms with Crippen LogP contribution in [0, 0.1) is 0 Å². The number of hydrogen-bond acceptors (Lipinski definition) is 3. The number of aromatic nitrogens is 2. The molecule has 0 saturated carbocycles. The van der Waals surface area contributed by atoms with Gasteiger partial charge in [-0.1, -0.05) is 28.9 Å². The zero-order valence-electron chi connectivity index (χ0n) is 11.4. The van der Waals surface area contributed by atoms with Crippen molar-refractivity contribution in [1.82, 2.24) is 15.1 Å². The van der Waals surface area contributed by atoms with E-state index in [1.54, 1.807) is 10.9 Å². The van der Waals surface area contributed by atoms with E-state index in [9.17, 15) is 0 Å². The second-order valence-electron chi connectivity index (χ2n) is 4.41. The molecule has 102 valence electrons. The molecule has 0 aliphatic rings. The molecule has 19 heavy (non-hydrogen) atoms. The van der Waals surface area contributed by atoms with E-state index in [4.69, 9.17) is 4.74 Å². The van der Waals surface area contributed by atoms with Crippen LogP contribution in [0.15, 0.2) is 35.1 Å². The topological polar surface area (TPSA) is 39.1 Å². The molecule has 0 bridgehead atoms. The maximum Gasteiger partial charge on any atom is 0.165 e. The van der Waals surface area contributed by atoms with Crippen LogP contribution in [0.2, 0.25) is 0 Å². The average molecular weight is 324 g/mol. The van der Waals surface area contributed by atoms with Crippen molar-refractivity contribution in [3.05, 3.63) is 40.6 Å². The van der Waals surface area contributed by atoms with Crippen LogP contribution in [-0.2, 0) is 7.05 Å². The number of nitrogens with zero attached hydrogens (tertiary/aromatic N) is 2. The van der Waals surface area contributed by atoms with Crippen LogP contribution in [0.4, 0.5) is 0 Å². The molecule has 0 aliphatic heterocycles. The van der Waals surface area contributed by atoms with E-state index in [2.05, 4.69) is 46.3 Å². The molecular weight excluding hydrogens is 306 g/mol. The summed E-state index contributed by atoms with van der Waals surface area (Å²) in [6.07, 6.45) is 3.56. The Hall–Kier alpha value is -1.33. The Morgan fingerprint density at radius 1 is 1.47 bits per heavy atom. The monoisotopic (exact) mass is 323 g/mol. The Balaban J connectivity index is 2.29. The average Bonchev–Trinajstić information content (AvgIpc) is 2.75. The van der Waals surface area contributed by atoms with Gasteiger partial charge in [0.1, 0.15) is 5.75 Å². The van der Waals surface area contributed by atoms with Crippen molar-refractivity contribution in [1.29, 1.82) is 0 Å². The molecule has 1 heterocycles. The summed E-state index contributed by atoms with van der Waals surface area (Å²) < 4.78 is 8.65. The lowest BCUT2D eigenvalue weighted by Crippen LogP contribution is -2.18. The number of aryl methyl sites for hydroxylation is 1. The van der Waals surface area contributed by atoms with Crippen molar-refractivity contribution in [2.75, 3.05) is 6.54 Å². The van der Waals surface area contributed by atoms with Gasteiger partial charge in [0.2, 0.25) is 0 Å². The summed E-state index contributed by atoms with van der Waals surface area (Å²) in [5, 5.41) is 7.51. The lowest BCUT2D eigenvalue weighted by Gasteiger charge is -2.17. The van der Waals surface area contributed by atoms with Crippen molar-refractivity contribution in [3.8, 4) is 11.5 Å². The van der Waals surface area contributed by atoms with Gasteiger partial charge in [0.05, 0.1) is 12.4 Å². The minimum absolute atomic E-state index is 0.241. The Morgan fingerprint density at radius 2 is 2.26 bits per heavy atom. The fraction of sp³-hybridized carbons (Fsp3) is 0.357. The van der Waals surface area contributed by atoms with Gasteiger partial charge in [-0.2, -0.15) is 5.10 Å². The predicted molar refractivity (Wildman–Crippen MR) is 79.5 cm³/mol. The number of benzene rings is 1. The second-order valence-corrected chi connectivity index (χ2v) is 5.33. The summed E-state index contributed by atoms with van der Waals surface area (Å²) >= 11 is 3.48. The third kappa shape index (κ3) is 3.58. The summed E-state index contributed by atoms with van der Waals surface area (Å²) in [5.41, 5.74) is 1.13. The van der Waals surface area contributed by atoms with Crippen molar-refractivity contribution >= 4 is 15.9 Å². The van der Waals surface area contributed by atoms with Gasteiger partial charge in [-0.05, 0) is 25.6 Å². The van der Waals surface area contributed by atoms with E-state index in [0.717, 1.165) is 28.1 Å². The van der Waals surface area contributed by atoms with Crippen molar-refractivity contribution in [2.45, 2.75) is 19.9 Å². The number of ether oxygens (including phenoxy) is 1. The van der Waals surface area contributed by atoms with Gasteiger partial charge >= 0.3 is 0 Å². The molecule has 1 aromatic carbocycles. The van der Waals surface area contributed by atoms with Gasteiger partial charge in [-0.15, -0.1) is 0 Å². The minimum atomic E-state index is 0.241. The van der Waals surface area contributed by atoms with Gasteiger partial charge in [0.25, 0.3) is 0 Å². The number of halogens is 1. The van der Waals surface area contributed by atoms with Gasteiger partial charge < -0.3 is 10.1 Å². The first-order chi connectivity index (χ1) is 9.10. The van der Waals surface area contributed by atoms with Crippen LogP contribution in [0.1, 0.15) is 25.5 Å². The smallest absolute Gasteiger partial charge is 0.165 e. The van der Waals surface area contributed by atoms with Gasteiger partial charge in [-0.25, -0.2) is 0 Å². The SMILES string of the molecule is CCNC(C)c1ccc(Br)cc1Oc1cnn(C)c1. The van der Waals surface area contributed by atoms with E-state index >= 15 is 0 Å². The maximum absolute atomic E-state index is 5.93. The van der Waals surface area contributed by atoms with Crippen LogP contribution >= 0.6 is 15.9 Å². The third-order valence-corrected chi connectivity index (χ3v) is 3.35. The van der Waals surface area contributed by atoms with Crippen LogP contribution in [-0.4, -0.2) is 16.3 Å². The Morgan fingerprint density at radius 3 is 2.89 bits per heavy atom. The van der Waals surface area contributed by atoms with E-state index in [0.29, 0.717) is 0 Å². The molecule has 2 aromatic rings. The highest BCUT2D eigenvalue weighted by atomic mass is 79.9. The molecular formula is C14H18BrN3O. The normalized spacial score (nSPS) is 12.4. The van der Waals surface area contributed by atoms with Gasteiger partial charge in [-0.3, -0.25) is 4.68 Å². The van der Waals surface area contributed by atoms with E-state index in [-0.39, 0.29) is 6.04 Å². The van der Waals surface area contributed by atoms with Gasteiger partial charge in [0, 0.05) is 23.1 Å². The number of hydrogen-bond donors (Lipinski definition) is 1. The lowest BCUT2D eigenvalue weighted by atomic mass is 10.1. The molecule has 0 saturated heterocycles. The summed E-state index contributed by atoms with van der Waals surface area (Å²) in [6, 6.07) is 6.32. The molecule has 0 spiro atoms. The summed E-state index contributed by atoms with van der Waals surface area (Å²) in [5.74, 6) is 1.58.